The minimum atomic E-state index is -1.06. The summed E-state index contributed by atoms with van der Waals surface area (Å²) in [6.07, 6.45) is 0.660. The van der Waals surface area contributed by atoms with E-state index in [1.807, 2.05) is 19.1 Å². The first-order valence-corrected chi connectivity index (χ1v) is 6.19. The Morgan fingerprint density at radius 1 is 1.30 bits per heavy atom. The first-order chi connectivity index (χ1) is 9.69. The fraction of sp³-hybridized carbons (Fsp3) is 0.231. The molecule has 1 aromatic carbocycles. The molecule has 2 heterocycles. The van der Waals surface area contributed by atoms with E-state index in [1.54, 1.807) is 16.8 Å². The topological polar surface area (TPSA) is 94.0 Å². The number of nitrogens with zero attached hydrogens (tertiary/aromatic N) is 4. The van der Waals surface area contributed by atoms with Crippen molar-refractivity contribution in [1.82, 2.24) is 20.0 Å². The summed E-state index contributed by atoms with van der Waals surface area (Å²) < 4.78 is 6.99. The number of aromatic carboxylic acids is 1. The van der Waals surface area contributed by atoms with Gasteiger partial charge in [-0.25, -0.2) is 4.79 Å². The van der Waals surface area contributed by atoms with E-state index < -0.39 is 5.97 Å². The lowest BCUT2D eigenvalue weighted by atomic mass is 10.2. The van der Waals surface area contributed by atoms with E-state index in [0.717, 1.165) is 5.52 Å². The van der Waals surface area contributed by atoms with E-state index in [4.69, 9.17) is 4.42 Å². The molecule has 0 saturated heterocycles. The number of carbonyl (C=O) groups is 1. The lowest BCUT2D eigenvalue weighted by Crippen LogP contribution is -2.04. The Bertz CT molecular complexity index is 775. The van der Waals surface area contributed by atoms with Crippen molar-refractivity contribution in [3.8, 4) is 0 Å². The van der Waals surface area contributed by atoms with Gasteiger partial charge in [-0.05, 0) is 6.07 Å². The highest BCUT2D eigenvalue weighted by Crippen LogP contribution is 2.19. The quantitative estimate of drug-likeness (QED) is 0.777. The molecule has 7 heteroatoms. The molecule has 0 unspecified atom stereocenters. The minimum absolute atomic E-state index is 0.0239. The van der Waals surface area contributed by atoms with Crippen molar-refractivity contribution in [2.75, 3.05) is 0 Å². The number of fused-ring (bicyclic) bond motifs is 1. The second-order valence-electron chi connectivity index (χ2n) is 4.27. The van der Waals surface area contributed by atoms with Crippen molar-refractivity contribution in [3.63, 3.8) is 0 Å². The summed E-state index contributed by atoms with van der Waals surface area (Å²) in [6, 6.07) is 7.15. The maximum atomic E-state index is 11.2. The maximum absolute atomic E-state index is 11.2. The van der Waals surface area contributed by atoms with E-state index in [0.29, 0.717) is 23.6 Å². The molecule has 7 nitrogen and oxygen atoms in total. The van der Waals surface area contributed by atoms with Crippen LogP contribution in [0.2, 0.25) is 0 Å². The van der Waals surface area contributed by atoms with Gasteiger partial charge in [0.2, 0.25) is 11.8 Å². The van der Waals surface area contributed by atoms with Crippen molar-refractivity contribution in [2.24, 2.45) is 0 Å². The van der Waals surface area contributed by atoms with Crippen molar-refractivity contribution in [1.29, 1.82) is 0 Å². The number of hydrogen-bond acceptors (Lipinski definition) is 5. The number of rotatable bonds is 4. The second kappa shape index (κ2) is 4.76. The van der Waals surface area contributed by atoms with Gasteiger partial charge in [-0.1, -0.05) is 25.1 Å². The summed E-state index contributed by atoms with van der Waals surface area (Å²) in [4.78, 5) is 11.2. The third-order valence-electron chi connectivity index (χ3n) is 2.96. The SMILES string of the molecule is CCc1nnc(Cn2nc(C(=O)O)c3ccccc32)o1. The molecule has 3 rings (SSSR count). The van der Waals surface area contributed by atoms with Crippen LogP contribution >= 0.6 is 0 Å². The van der Waals surface area contributed by atoms with Crippen LogP contribution in [-0.2, 0) is 13.0 Å². The molecule has 0 bridgehead atoms. The monoisotopic (exact) mass is 272 g/mol. The smallest absolute Gasteiger partial charge is 0.357 e. The van der Waals surface area contributed by atoms with Crippen molar-refractivity contribution in [3.05, 3.63) is 41.7 Å². The molecule has 2 aromatic heterocycles. The number of aromatic nitrogens is 4. The largest absolute Gasteiger partial charge is 0.476 e. The summed E-state index contributed by atoms with van der Waals surface area (Å²) >= 11 is 0. The summed E-state index contributed by atoms with van der Waals surface area (Å²) in [5, 5.41) is 21.7. The maximum Gasteiger partial charge on any atom is 0.357 e. The molecular weight excluding hydrogens is 260 g/mol. The van der Waals surface area contributed by atoms with Crippen LogP contribution in [0.4, 0.5) is 0 Å². The molecule has 1 N–H and O–H groups in total. The molecule has 3 aromatic rings. The minimum Gasteiger partial charge on any atom is -0.476 e. The molecule has 0 aliphatic rings. The van der Waals surface area contributed by atoms with Gasteiger partial charge in [0.1, 0.15) is 6.54 Å². The van der Waals surface area contributed by atoms with Crippen LogP contribution in [0.15, 0.2) is 28.7 Å². The predicted octanol–water partition coefficient (Wildman–Crippen LogP) is 1.73. The van der Waals surface area contributed by atoms with Gasteiger partial charge in [0.15, 0.2) is 5.69 Å². The Labute approximate surface area is 113 Å². The number of hydrogen-bond donors (Lipinski definition) is 1. The first kappa shape index (κ1) is 12.3. The normalized spacial score (nSPS) is 11.1. The van der Waals surface area contributed by atoms with E-state index in [9.17, 15) is 9.90 Å². The van der Waals surface area contributed by atoms with Crippen LogP contribution in [-0.4, -0.2) is 31.1 Å². The van der Waals surface area contributed by atoms with Crippen molar-refractivity contribution in [2.45, 2.75) is 19.9 Å². The van der Waals surface area contributed by atoms with Crippen LogP contribution in [0.25, 0.3) is 10.9 Å². The molecule has 20 heavy (non-hydrogen) atoms. The van der Waals surface area contributed by atoms with E-state index in [-0.39, 0.29) is 12.2 Å². The summed E-state index contributed by atoms with van der Waals surface area (Å²) in [5.74, 6) is -0.0957. The number of benzene rings is 1. The fourth-order valence-electron chi connectivity index (χ4n) is 2.03. The summed E-state index contributed by atoms with van der Waals surface area (Å²) in [5.41, 5.74) is 0.747. The zero-order valence-electron chi connectivity index (χ0n) is 10.8. The standard InChI is InChI=1S/C13H12N4O3/c1-2-10-14-15-11(20-10)7-17-9-6-4-3-5-8(9)12(16-17)13(18)19/h3-6H,2,7H2,1H3,(H,18,19). The molecule has 0 aliphatic carbocycles. The predicted molar refractivity (Wildman–Crippen MR) is 69.5 cm³/mol. The highest BCUT2D eigenvalue weighted by atomic mass is 16.4. The van der Waals surface area contributed by atoms with Crippen molar-refractivity contribution < 1.29 is 14.3 Å². The number of carboxylic acid groups (broad SMARTS) is 1. The molecule has 0 aliphatic heterocycles. The first-order valence-electron chi connectivity index (χ1n) is 6.19. The van der Waals surface area contributed by atoms with Gasteiger partial charge in [-0.3, -0.25) is 4.68 Å². The lowest BCUT2D eigenvalue weighted by molar-refractivity contribution is 0.0691. The Kier molecular flexibility index (Phi) is 2.94. The highest BCUT2D eigenvalue weighted by Gasteiger charge is 2.17. The van der Waals surface area contributed by atoms with Gasteiger partial charge in [-0.2, -0.15) is 5.10 Å². The van der Waals surface area contributed by atoms with Gasteiger partial charge in [0, 0.05) is 11.8 Å². The van der Waals surface area contributed by atoms with Gasteiger partial charge >= 0.3 is 5.97 Å². The second-order valence-corrected chi connectivity index (χ2v) is 4.27. The third kappa shape index (κ3) is 2.03. The van der Waals surface area contributed by atoms with Gasteiger partial charge in [-0.15, -0.1) is 10.2 Å². The molecule has 0 spiro atoms. The van der Waals surface area contributed by atoms with E-state index in [1.165, 1.54) is 0 Å². The Hall–Kier alpha value is -2.70. The molecule has 0 radical (unpaired) electrons. The number of para-hydroxylation sites is 1. The average molecular weight is 272 g/mol. The molecule has 102 valence electrons. The average Bonchev–Trinajstić information content (AvgIpc) is 3.04. The highest BCUT2D eigenvalue weighted by molar-refractivity contribution is 6.01. The number of carboxylic acids is 1. The molecule has 0 atom stereocenters. The van der Waals surface area contributed by atoms with Gasteiger partial charge in [0.05, 0.1) is 5.52 Å². The van der Waals surface area contributed by atoms with Crippen LogP contribution < -0.4 is 0 Å². The molecule has 0 fully saturated rings. The molecular formula is C13H12N4O3. The third-order valence-corrected chi connectivity index (χ3v) is 2.96. The van der Waals surface area contributed by atoms with Gasteiger partial charge < -0.3 is 9.52 Å². The summed E-state index contributed by atoms with van der Waals surface area (Å²) in [7, 11) is 0. The Balaban J connectivity index is 2.05. The Morgan fingerprint density at radius 2 is 2.05 bits per heavy atom. The van der Waals surface area contributed by atoms with E-state index >= 15 is 0 Å². The number of aryl methyl sites for hydroxylation is 1. The van der Waals surface area contributed by atoms with Crippen molar-refractivity contribution >= 4 is 16.9 Å². The fourth-order valence-corrected chi connectivity index (χ4v) is 2.03. The van der Waals surface area contributed by atoms with Crippen LogP contribution in [0.3, 0.4) is 0 Å². The van der Waals surface area contributed by atoms with Gasteiger partial charge in [0.25, 0.3) is 0 Å². The van der Waals surface area contributed by atoms with E-state index in [2.05, 4.69) is 15.3 Å². The zero-order valence-corrected chi connectivity index (χ0v) is 10.8. The lowest BCUT2D eigenvalue weighted by Gasteiger charge is -1.98. The molecule has 0 amide bonds. The Morgan fingerprint density at radius 3 is 2.75 bits per heavy atom. The van der Waals surface area contributed by atoms with Crippen LogP contribution in [0, 0.1) is 0 Å². The van der Waals surface area contributed by atoms with Crippen LogP contribution in [0.1, 0.15) is 29.2 Å². The summed E-state index contributed by atoms with van der Waals surface area (Å²) in [6.45, 7) is 2.17. The molecule has 0 saturated carbocycles. The van der Waals surface area contributed by atoms with Crippen LogP contribution in [0.5, 0.6) is 0 Å². The zero-order chi connectivity index (χ0) is 14.1.